The summed E-state index contributed by atoms with van der Waals surface area (Å²) in [5, 5.41) is 20.2. The van der Waals surface area contributed by atoms with E-state index in [-0.39, 0.29) is 11.5 Å². The molecule has 0 aliphatic heterocycles. The second-order valence-electron chi connectivity index (χ2n) is 4.04. The minimum absolute atomic E-state index is 0.0524. The summed E-state index contributed by atoms with van der Waals surface area (Å²) in [6.45, 7) is 3.62. The number of hydrogen-bond acceptors (Lipinski definition) is 5. The van der Waals surface area contributed by atoms with Crippen LogP contribution >= 0.6 is 0 Å². The van der Waals surface area contributed by atoms with Crippen LogP contribution in [0.1, 0.15) is 37.2 Å². The van der Waals surface area contributed by atoms with Gasteiger partial charge in [-0.2, -0.15) is 5.10 Å². The Hall–Kier alpha value is -2.38. The van der Waals surface area contributed by atoms with Crippen molar-refractivity contribution in [2.75, 3.05) is 0 Å². The van der Waals surface area contributed by atoms with Crippen LogP contribution in [0.2, 0.25) is 0 Å². The van der Waals surface area contributed by atoms with E-state index in [1.165, 1.54) is 12.1 Å². The highest BCUT2D eigenvalue weighted by Gasteiger charge is 2.33. The fraction of sp³-hybridized carbons (Fsp3) is 0.455. The normalized spacial score (nSPS) is 12.2. The van der Waals surface area contributed by atoms with Crippen molar-refractivity contribution in [3.63, 3.8) is 0 Å². The van der Waals surface area contributed by atoms with E-state index < -0.39 is 17.0 Å². The SMILES string of the molecule is CCC(CC)(NC(=O)c1ccc(=O)[nH]n1)/C(N)=N/O. The second-order valence-corrected chi connectivity index (χ2v) is 4.04. The lowest BCUT2D eigenvalue weighted by Crippen LogP contribution is -2.57. The first-order valence-corrected chi connectivity index (χ1v) is 5.85. The zero-order valence-corrected chi connectivity index (χ0v) is 10.8. The van der Waals surface area contributed by atoms with Gasteiger partial charge in [0, 0.05) is 6.07 Å². The van der Waals surface area contributed by atoms with Gasteiger partial charge in [-0.3, -0.25) is 9.59 Å². The topological polar surface area (TPSA) is 133 Å². The fourth-order valence-corrected chi connectivity index (χ4v) is 1.70. The summed E-state index contributed by atoms with van der Waals surface area (Å²) in [6.07, 6.45) is 0.906. The van der Waals surface area contributed by atoms with Crippen molar-refractivity contribution in [3.8, 4) is 0 Å². The molecule has 5 N–H and O–H groups in total. The number of amidine groups is 1. The molecule has 1 amide bonds. The molecule has 1 rings (SSSR count). The average molecular weight is 267 g/mol. The van der Waals surface area contributed by atoms with Gasteiger partial charge in [0.25, 0.3) is 11.5 Å². The smallest absolute Gasteiger partial charge is 0.272 e. The summed E-state index contributed by atoms with van der Waals surface area (Å²) in [7, 11) is 0. The quantitative estimate of drug-likeness (QED) is 0.254. The van der Waals surface area contributed by atoms with E-state index in [4.69, 9.17) is 10.9 Å². The molecule has 0 aromatic carbocycles. The lowest BCUT2D eigenvalue weighted by Gasteiger charge is -2.31. The summed E-state index contributed by atoms with van der Waals surface area (Å²) < 4.78 is 0. The van der Waals surface area contributed by atoms with Gasteiger partial charge in [-0.15, -0.1) is 0 Å². The summed E-state index contributed by atoms with van der Waals surface area (Å²) in [5.74, 6) is -0.582. The van der Waals surface area contributed by atoms with Gasteiger partial charge >= 0.3 is 0 Å². The summed E-state index contributed by atoms with van der Waals surface area (Å²) in [6, 6.07) is 2.50. The molecule has 8 nitrogen and oxygen atoms in total. The highest BCUT2D eigenvalue weighted by atomic mass is 16.4. The molecule has 1 heterocycles. The maximum Gasteiger partial charge on any atom is 0.272 e. The van der Waals surface area contributed by atoms with Gasteiger partial charge in [0.2, 0.25) is 0 Å². The number of aromatic nitrogens is 2. The van der Waals surface area contributed by atoms with Gasteiger partial charge < -0.3 is 16.3 Å². The molecule has 19 heavy (non-hydrogen) atoms. The molecule has 104 valence electrons. The third kappa shape index (κ3) is 3.09. The number of oxime groups is 1. The first-order valence-electron chi connectivity index (χ1n) is 5.85. The van der Waals surface area contributed by atoms with Gasteiger partial charge in [0.05, 0.1) is 0 Å². The number of nitrogens with one attached hydrogen (secondary N) is 2. The van der Waals surface area contributed by atoms with E-state index in [0.717, 1.165) is 0 Å². The zero-order chi connectivity index (χ0) is 14.5. The highest BCUT2D eigenvalue weighted by molar-refractivity contribution is 5.99. The number of rotatable bonds is 5. The predicted molar refractivity (Wildman–Crippen MR) is 69.0 cm³/mol. The zero-order valence-electron chi connectivity index (χ0n) is 10.8. The summed E-state index contributed by atoms with van der Waals surface area (Å²) in [5.41, 5.74) is 4.34. The van der Waals surface area contributed by atoms with Crippen LogP contribution in [-0.4, -0.2) is 32.7 Å². The number of H-pyrrole nitrogens is 1. The Labute approximate surface area is 109 Å². The number of carbonyl (C=O) groups is 1. The predicted octanol–water partition coefficient (Wildman–Crippen LogP) is -0.195. The molecule has 0 bridgehead atoms. The molecule has 1 aromatic heterocycles. The molecule has 0 atom stereocenters. The monoisotopic (exact) mass is 267 g/mol. The minimum Gasteiger partial charge on any atom is -0.409 e. The maximum absolute atomic E-state index is 12.0. The number of nitrogens with zero attached hydrogens (tertiary/aromatic N) is 2. The number of hydrogen-bond donors (Lipinski definition) is 4. The molecular weight excluding hydrogens is 250 g/mol. The van der Waals surface area contributed by atoms with Crippen LogP contribution in [0, 0.1) is 0 Å². The molecule has 0 unspecified atom stereocenters. The number of amides is 1. The van der Waals surface area contributed by atoms with Gasteiger partial charge in [-0.1, -0.05) is 19.0 Å². The van der Waals surface area contributed by atoms with E-state index in [0.29, 0.717) is 12.8 Å². The van der Waals surface area contributed by atoms with Crippen LogP contribution in [0.5, 0.6) is 0 Å². The van der Waals surface area contributed by atoms with Crippen LogP contribution in [0.25, 0.3) is 0 Å². The van der Waals surface area contributed by atoms with Gasteiger partial charge in [-0.05, 0) is 18.9 Å². The number of nitrogens with two attached hydrogens (primary N) is 1. The Balaban J connectivity index is 3.00. The van der Waals surface area contributed by atoms with Gasteiger partial charge in [0.1, 0.15) is 11.2 Å². The van der Waals surface area contributed by atoms with Crippen molar-refractivity contribution >= 4 is 11.7 Å². The molecule has 0 aliphatic rings. The van der Waals surface area contributed by atoms with Gasteiger partial charge in [-0.25, -0.2) is 5.10 Å². The first-order chi connectivity index (χ1) is 8.99. The fourth-order valence-electron chi connectivity index (χ4n) is 1.70. The third-order valence-electron chi connectivity index (χ3n) is 3.07. The molecule has 1 aromatic rings. The molecule has 0 saturated carbocycles. The van der Waals surface area contributed by atoms with Crippen LogP contribution in [0.15, 0.2) is 22.1 Å². The van der Waals surface area contributed by atoms with Crippen molar-refractivity contribution in [1.29, 1.82) is 0 Å². The van der Waals surface area contributed by atoms with E-state index in [1.807, 2.05) is 13.8 Å². The van der Waals surface area contributed by atoms with Crippen molar-refractivity contribution in [2.45, 2.75) is 32.2 Å². The second kappa shape index (κ2) is 5.98. The van der Waals surface area contributed by atoms with Crippen LogP contribution in [-0.2, 0) is 0 Å². The summed E-state index contributed by atoms with van der Waals surface area (Å²) >= 11 is 0. The van der Waals surface area contributed by atoms with E-state index >= 15 is 0 Å². The Morgan fingerprint density at radius 1 is 1.53 bits per heavy atom. The van der Waals surface area contributed by atoms with Crippen molar-refractivity contribution in [2.24, 2.45) is 10.9 Å². The Bertz CT molecular complexity index is 513. The summed E-state index contributed by atoms with van der Waals surface area (Å²) in [4.78, 5) is 22.9. The third-order valence-corrected chi connectivity index (χ3v) is 3.07. The molecule has 0 aliphatic carbocycles. The van der Waals surface area contributed by atoms with E-state index in [9.17, 15) is 9.59 Å². The molecule has 8 heteroatoms. The average Bonchev–Trinajstić information content (AvgIpc) is 2.44. The van der Waals surface area contributed by atoms with Crippen molar-refractivity contribution in [3.05, 3.63) is 28.2 Å². The minimum atomic E-state index is -0.941. The highest BCUT2D eigenvalue weighted by Crippen LogP contribution is 2.16. The number of aromatic amines is 1. The van der Waals surface area contributed by atoms with E-state index in [2.05, 4.69) is 20.7 Å². The molecular formula is C11H17N5O3. The molecule has 0 saturated heterocycles. The van der Waals surface area contributed by atoms with Crippen LogP contribution in [0.4, 0.5) is 0 Å². The molecule has 0 radical (unpaired) electrons. The number of carbonyl (C=O) groups excluding carboxylic acids is 1. The molecule has 0 fully saturated rings. The lowest BCUT2D eigenvalue weighted by atomic mass is 9.91. The van der Waals surface area contributed by atoms with E-state index in [1.54, 1.807) is 0 Å². The molecule has 0 spiro atoms. The Morgan fingerprint density at radius 2 is 2.16 bits per heavy atom. The standard InChI is InChI=1S/C11H17N5O3/c1-3-11(4-2,10(12)16-19)13-9(18)7-5-6-8(17)15-14-7/h5-6,19H,3-4H2,1-2H3,(H2,12,16)(H,13,18)(H,15,17). The largest absolute Gasteiger partial charge is 0.409 e. The lowest BCUT2D eigenvalue weighted by molar-refractivity contribution is 0.0911. The maximum atomic E-state index is 12.0. The van der Waals surface area contributed by atoms with Crippen molar-refractivity contribution < 1.29 is 10.0 Å². The van der Waals surface area contributed by atoms with Gasteiger partial charge in [0.15, 0.2) is 5.84 Å². The van der Waals surface area contributed by atoms with Crippen LogP contribution in [0.3, 0.4) is 0 Å². The Kier molecular flexibility index (Phi) is 4.62. The van der Waals surface area contributed by atoms with Crippen molar-refractivity contribution in [1.82, 2.24) is 15.5 Å². The first kappa shape index (κ1) is 14.7. The Morgan fingerprint density at radius 3 is 2.58 bits per heavy atom. The van der Waals surface area contributed by atoms with Crippen LogP contribution < -0.4 is 16.6 Å².